The number of carbonyl (C=O) groups is 1. The highest BCUT2D eigenvalue weighted by molar-refractivity contribution is 9.10. The van der Waals surface area contributed by atoms with E-state index in [1.165, 1.54) is 11.1 Å². The summed E-state index contributed by atoms with van der Waals surface area (Å²) in [5.74, 6) is 0.339. The molecule has 4 aromatic carbocycles. The van der Waals surface area contributed by atoms with Crippen molar-refractivity contribution in [3.05, 3.63) is 124 Å². The van der Waals surface area contributed by atoms with Crippen LogP contribution in [0.1, 0.15) is 41.4 Å². The van der Waals surface area contributed by atoms with E-state index in [1.807, 2.05) is 56.3 Å². The number of amides is 1. The lowest BCUT2D eigenvalue weighted by Gasteiger charge is -2.39. The Morgan fingerprint density at radius 1 is 0.870 bits per heavy atom. The van der Waals surface area contributed by atoms with E-state index in [0.717, 1.165) is 4.47 Å². The Labute approximate surface area is 284 Å². The maximum Gasteiger partial charge on any atom is 0.261 e. The van der Waals surface area contributed by atoms with Gasteiger partial charge in [0.05, 0.1) is 23.1 Å². The summed E-state index contributed by atoms with van der Waals surface area (Å²) in [6, 6.07) is 32.3. The molecule has 2 N–H and O–H groups in total. The quantitative estimate of drug-likeness (QED) is 0.176. The van der Waals surface area contributed by atoms with Gasteiger partial charge in [-0.2, -0.15) is 4.31 Å². The maximum atomic E-state index is 13.6. The average Bonchev–Trinajstić information content (AvgIpc) is 3.05. The summed E-state index contributed by atoms with van der Waals surface area (Å²) in [5, 5.41) is 5.73. The van der Waals surface area contributed by atoms with Gasteiger partial charge in [-0.25, -0.2) is 8.42 Å². The van der Waals surface area contributed by atoms with Crippen molar-refractivity contribution in [3.63, 3.8) is 0 Å². The summed E-state index contributed by atoms with van der Waals surface area (Å²) < 4.78 is 35.3. The molecule has 1 fully saturated rings. The predicted octanol–water partition coefficient (Wildman–Crippen LogP) is 6.71. The maximum absolute atomic E-state index is 13.6. The topological polar surface area (TPSA) is 91.0 Å². The first kappa shape index (κ1) is 33.7. The number of sulfonamides is 1. The molecule has 240 valence electrons. The SMILES string of the molecule is CC(C)COc1ccc(Br)cc1C(=O)NC(=S)Nc1ccc(S(=O)(=O)N2CCN(C(c3ccccc3)c3ccccc3)CC2)cc1. The van der Waals surface area contributed by atoms with Crippen molar-refractivity contribution in [3.8, 4) is 5.75 Å². The molecule has 0 atom stereocenters. The van der Waals surface area contributed by atoms with Crippen LogP contribution < -0.4 is 15.4 Å². The Bertz CT molecular complexity index is 1710. The Morgan fingerprint density at radius 2 is 1.46 bits per heavy atom. The number of thiocarbonyl (C=S) groups is 1. The zero-order valence-electron chi connectivity index (χ0n) is 25.7. The summed E-state index contributed by atoms with van der Waals surface area (Å²) in [4.78, 5) is 15.6. The fourth-order valence-electron chi connectivity index (χ4n) is 5.34. The molecule has 1 heterocycles. The molecule has 11 heteroatoms. The van der Waals surface area contributed by atoms with Crippen LogP contribution in [-0.2, 0) is 10.0 Å². The van der Waals surface area contributed by atoms with Crippen molar-refractivity contribution >= 4 is 54.9 Å². The summed E-state index contributed by atoms with van der Waals surface area (Å²) in [6.45, 7) is 6.50. The third kappa shape index (κ3) is 8.40. The van der Waals surface area contributed by atoms with Crippen LogP contribution in [0.25, 0.3) is 0 Å². The first-order valence-corrected chi connectivity index (χ1v) is 17.7. The van der Waals surface area contributed by atoms with Crippen molar-refractivity contribution < 1.29 is 17.9 Å². The standard InChI is InChI=1S/C35H37BrN4O4S2/c1-25(2)24-44-32-18-13-28(36)23-31(32)34(41)38-35(45)37-29-14-16-30(17-15-29)46(42,43)40-21-19-39(20-22-40)33(26-9-5-3-6-10-26)27-11-7-4-8-12-27/h3-18,23,25,33H,19-22,24H2,1-2H3,(H2,37,38,41,45). The van der Waals surface area contributed by atoms with Gasteiger partial charge >= 0.3 is 0 Å². The van der Waals surface area contributed by atoms with Gasteiger partial charge in [0.15, 0.2) is 5.11 Å². The molecule has 1 amide bonds. The minimum Gasteiger partial charge on any atom is -0.492 e. The number of ether oxygens (including phenoxy) is 1. The first-order valence-electron chi connectivity index (χ1n) is 15.1. The lowest BCUT2D eigenvalue weighted by atomic mass is 9.96. The van der Waals surface area contributed by atoms with Gasteiger partial charge in [-0.1, -0.05) is 90.4 Å². The lowest BCUT2D eigenvalue weighted by molar-refractivity contribution is 0.0973. The number of nitrogens with one attached hydrogen (secondary N) is 2. The van der Waals surface area contributed by atoms with Gasteiger partial charge < -0.3 is 10.1 Å². The molecule has 5 rings (SSSR count). The zero-order valence-corrected chi connectivity index (χ0v) is 28.9. The van der Waals surface area contributed by atoms with Crippen molar-refractivity contribution in [1.82, 2.24) is 14.5 Å². The lowest BCUT2D eigenvalue weighted by Crippen LogP contribution is -2.49. The van der Waals surface area contributed by atoms with Crippen LogP contribution >= 0.6 is 28.1 Å². The van der Waals surface area contributed by atoms with Crippen molar-refractivity contribution in [2.75, 3.05) is 38.1 Å². The second-order valence-corrected chi connectivity index (χ2v) is 14.7. The number of halogens is 1. The van der Waals surface area contributed by atoms with Gasteiger partial charge in [-0.05, 0) is 71.7 Å². The molecule has 4 aromatic rings. The molecule has 1 aliphatic heterocycles. The number of hydrogen-bond donors (Lipinski definition) is 2. The van der Waals surface area contributed by atoms with Gasteiger partial charge in [-0.15, -0.1) is 0 Å². The smallest absolute Gasteiger partial charge is 0.261 e. The predicted molar refractivity (Wildman–Crippen MR) is 190 cm³/mol. The number of nitrogens with zero attached hydrogens (tertiary/aromatic N) is 2. The third-order valence-corrected chi connectivity index (χ3v) is 10.2. The summed E-state index contributed by atoms with van der Waals surface area (Å²) in [6.07, 6.45) is 0. The fraction of sp³-hybridized carbons (Fsp3) is 0.257. The molecular formula is C35H37BrN4O4S2. The van der Waals surface area contributed by atoms with E-state index in [0.29, 0.717) is 55.7 Å². The Hall–Kier alpha value is -3.61. The van der Waals surface area contributed by atoms with E-state index in [9.17, 15) is 13.2 Å². The minimum absolute atomic E-state index is 0.0458. The highest BCUT2D eigenvalue weighted by Gasteiger charge is 2.32. The van der Waals surface area contributed by atoms with E-state index in [4.69, 9.17) is 17.0 Å². The number of rotatable bonds is 10. The van der Waals surface area contributed by atoms with Crippen LogP contribution in [0.3, 0.4) is 0 Å². The molecule has 1 saturated heterocycles. The van der Waals surface area contributed by atoms with Crippen LogP contribution in [0.15, 0.2) is 112 Å². The van der Waals surface area contributed by atoms with Crippen LogP contribution in [0.4, 0.5) is 5.69 Å². The molecule has 8 nitrogen and oxygen atoms in total. The molecule has 46 heavy (non-hydrogen) atoms. The van der Waals surface area contributed by atoms with E-state index in [2.05, 4.69) is 55.7 Å². The second-order valence-electron chi connectivity index (χ2n) is 11.4. The van der Waals surface area contributed by atoms with E-state index in [1.54, 1.807) is 40.7 Å². The highest BCUT2D eigenvalue weighted by atomic mass is 79.9. The monoisotopic (exact) mass is 720 g/mol. The molecule has 0 saturated carbocycles. The normalized spacial score (nSPS) is 14.3. The number of piperazine rings is 1. The van der Waals surface area contributed by atoms with Crippen LogP contribution in [-0.4, -0.2) is 61.4 Å². The second kappa shape index (κ2) is 15.3. The Kier molecular flexibility index (Phi) is 11.2. The van der Waals surface area contributed by atoms with Crippen molar-refractivity contribution in [2.45, 2.75) is 24.8 Å². The number of benzene rings is 4. The summed E-state index contributed by atoms with van der Waals surface area (Å²) in [5.41, 5.74) is 3.25. The molecule has 1 aliphatic rings. The molecule has 0 unspecified atom stereocenters. The molecule has 0 radical (unpaired) electrons. The summed E-state index contributed by atoms with van der Waals surface area (Å²) in [7, 11) is -3.70. The molecule has 0 aliphatic carbocycles. The fourth-order valence-corrected chi connectivity index (χ4v) is 7.33. The number of carbonyl (C=O) groups excluding carboxylic acids is 1. The molecule has 0 spiro atoms. The van der Waals surface area contributed by atoms with Gasteiger partial charge in [0, 0.05) is 36.3 Å². The van der Waals surface area contributed by atoms with Crippen molar-refractivity contribution in [1.29, 1.82) is 0 Å². The van der Waals surface area contributed by atoms with Gasteiger partial charge in [0.25, 0.3) is 5.91 Å². The molecule has 0 bridgehead atoms. The van der Waals surface area contributed by atoms with E-state index >= 15 is 0 Å². The average molecular weight is 722 g/mol. The number of hydrogen-bond acceptors (Lipinski definition) is 6. The number of anilines is 1. The van der Waals surface area contributed by atoms with E-state index < -0.39 is 15.9 Å². The van der Waals surface area contributed by atoms with Crippen LogP contribution in [0.2, 0.25) is 0 Å². The van der Waals surface area contributed by atoms with Gasteiger partial charge in [0.2, 0.25) is 10.0 Å². The van der Waals surface area contributed by atoms with Crippen LogP contribution in [0.5, 0.6) is 5.75 Å². The van der Waals surface area contributed by atoms with Crippen LogP contribution in [0, 0.1) is 5.92 Å². The molecular weight excluding hydrogens is 684 g/mol. The minimum atomic E-state index is -3.70. The van der Waals surface area contributed by atoms with Gasteiger partial charge in [0.1, 0.15) is 5.75 Å². The molecule has 0 aromatic heterocycles. The largest absolute Gasteiger partial charge is 0.492 e. The highest BCUT2D eigenvalue weighted by Crippen LogP contribution is 2.31. The van der Waals surface area contributed by atoms with E-state index in [-0.39, 0.29) is 16.0 Å². The zero-order chi connectivity index (χ0) is 32.7. The summed E-state index contributed by atoms with van der Waals surface area (Å²) >= 11 is 8.78. The van der Waals surface area contributed by atoms with Gasteiger partial charge in [-0.3, -0.25) is 15.0 Å². The Balaban J connectivity index is 1.20. The van der Waals surface area contributed by atoms with Crippen molar-refractivity contribution in [2.24, 2.45) is 5.92 Å². The third-order valence-electron chi connectivity index (χ3n) is 7.60. The Morgan fingerprint density at radius 3 is 2.02 bits per heavy atom. The first-order chi connectivity index (χ1) is 22.1.